The number of hydrogen-bond donors (Lipinski definition) is 2. The molecule has 0 unspecified atom stereocenters. The van der Waals surface area contributed by atoms with E-state index in [1.807, 2.05) is 13.8 Å². The third-order valence-electron chi connectivity index (χ3n) is 3.60. The van der Waals surface area contributed by atoms with Crippen LogP contribution in [0, 0.1) is 13.8 Å². The maximum absolute atomic E-state index is 11.8. The molecule has 0 saturated heterocycles. The number of anilines is 1. The molecular weight excluding hydrogens is 254 g/mol. The molecule has 0 spiro atoms. The van der Waals surface area contributed by atoms with Crippen molar-refractivity contribution in [1.29, 1.82) is 0 Å². The summed E-state index contributed by atoms with van der Waals surface area (Å²) in [4.78, 5) is 14.2. The Balaban J connectivity index is 2.32. The predicted octanol–water partition coefficient (Wildman–Crippen LogP) is 0.930. The molecule has 1 aromatic heterocycles. The van der Waals surface area contributed by atoms with Crippen LogP contribution in [0.4, 0.5) is 5.69 Å². The Morgan fingerprint density at radius 3 is 2.50 bits per heavy atom. The summed E-state index contributed by atoms with van der Waals surface area (Å²) in [5.74, 6) is -0.0184. The van der Waals surface area contributed by atoms with Crippen LogP contribution in [0.3, 0.4) is 0 Å². The maximum Gasteiger partial charge on any atom is 0.241 e. The number of aromatic nitrogens is 2. The lowest BCUT2D eigenvalue weighted by atomic mass is 10.3. The van der Waals surface area contributed by atoms with E-state index in [0.29, 0.717) is 12.2 Å². The minimum absolute atomic E-state index is 0.0184. The summed E-state index contributed by atoms with van der Waals surface area (Å²) in [6.45, 7) is 12.1. The molecule has 0 atom stereocenters. The van der Waals surface area contributed by atoms with Crippen molar-refractivity contribution < 1.29 is 4.79 Å². The number of nitrogens with zero attached hydrogens (tertiary/aromatic N) is 3. The minimum atomic E-state index is -0.0184. The Bertz CT molecular complexity index is 437. The number of carbonyl (C=O) groups is 1. The van der Waals surface area contributed by atoms with Crippen LogP contribution in [0.2, 0.25) is 0 Å². The highest BCUT2D eigenvalue weighted by Gasteiger charge is 2.11. The number of carbonyl (C=O) groups excluding carboxylic acids is 1. The van der Waals surface area contributed by atoms with Crippen molar-refractivity contribution in [1.82, 2.24) is 20.0 Å². The zero-order valence-corrected chi connectivity index (χ0v) is 13.1. The van der Waals surface area contributed by atoms with Crippen molar-refractivity contribution in [3.8, 4) is 0 Å². The maximum atomic E-state index is 11.8. The molecule has 114 valence electrons. The lowest BCUT2D eigenvalue weighted by Crippen LogP contribution is -2.32. The van der Waals surface area contributed by atoms with Gasteiger partial charge in [0, 0.05) is 6.54 Å². The minimum Gasteiger partial charge on any atom is -0.396 e. The summed E-state index contributed by atoms with van der Waals surface area (Å²) in [5, 5.41) is 7.18. The van der Waals surface area contributed by atoms with Gasteiger partial charge in [-0.2, -0.15) is 5.10 Å². The van der Waals surface area contributed by atoms with Crippen LogP contribution in [0.5, 0.6) is 0 Å². The SMILES string of the molecule is CCN(CC)CCCNC(=O)Cn1nc(C)c(N)c1C. The van der Waals surface area contributed by atoms with E-state index in [9.17, 15) is 4.79 Å². The molecule has 0 saturated carbocycles. The Labute approximate surface area is 121 Å². The van der Waals surface area contributed by atoms with Crippen LogP contribution < -0.4 is 11.1 Å². The molecule has 0 aliphatic rings. The van der Waals surface area contributed by atoms with Crippen molar-refractivity contribution in [2.24, 2.45) is 0 Å². The van der Waals surface area contributed by atoms with Gasteiger partial charge in [0.15, 0.2) is 0 Å². The van der Waals surface area contributed by atoms with Crippen molar-refractivity contribution >= 4 is 11.6 Å². The van der Waals surface area contributed by atoms with E-state index in [-0.39, 0.29) is 12.5 Å². The fraction of sp³-hybridized carbons (Fsp3) is 0.714. The molecule has 3 N–H and O–H groups in total. The summed E-state index contributed by atoms with van der Waals surface area (Å²) < 4.78 is 1.66. The summed E-state index contributed by atoms with van der Waals surface area (Å²) in [6.07, 6.45) is 0.965. The van der Waals surface area contributed by atoms with E-state index < -0.39 is 0 Å². The van der Waals surface area contributed by atoms with E-state index in [1.54, 1.807) is 4.68 Å². The first-order chi connectivity index (χ1) is 9.49. The van der Waals surface area contributed by atoms with Gasteiger partial charge < -0.3 is 16.0 Å². The molecule has 1 amide bonds. The molecule has 0 radical (unpaired) electrons. The lowest BCUT2D eigenvalue weighted by Gasteiger charge is -2.17. The Kier molecular flexibility index (Phi) is 6.51. The first-order valence-electron chi connectivity index (χ1n) is 7.28. The summed E-state index contributed by atoms with van der Waals surface area (Å²) in [7, 11) is 0. The molecule has 1 heterocycles. The van der Waals surface area contributed by atoms with Gasteiger partial charge in [-0.15, -0.1) is 0 Å². The van der Waals surface area contributed by atoms with Crippen molar-refractivity contribution in [3.05, 3.63) is 11.4 Å². The fourth-order valence-corrected chi connectivity index (χ4v) is 2.13. The average Bonchev–Trinajstić information content (AvgIpc) is 2.66. The summed E-state index contributed by atoms with van der Waals surface area (Å²) >= 11 is 0. The first-order valence-corrected chi connectivity index (χ1v) is 7.28. The summed E-state index contributed by atoms with van der Waals surface area (Å²) in [6, 6.07) is 0. The van der Waals surface area contributed by atoms with Crippen LogP contribution in [0.25, 0.3) is 0 Å². The molecule has 6 heteroatoms. The van der Waals surface area contributed by atoms with Crippen LogP contribution in [-0.2, 0) is 11.3 Å². The number of nitrogens with two attached hydrogens (primary N) is 1. The van der Waals surface area contributed by atoms with Crippen LogP contribution in [0.1, 0.15) is 31.7 Å². The second-order valence-corrected chi connectivity index (χ2v) is 4.97. The van der Waals surface area contributed by atoms with E-state index in [4.69, 9.17) is 5.73 Å². The molecule has 0 aromatic carbocycles. The highest BCUT2D eigenvalue weighted by Crippen LogP contribution is 2.14. The highest BCUT2D eigenvalue weighted by atomic mass is 16.2. The van der Waals surface area contributed by atoms with Gasteiger partial charge in [0.1, 0.15) is 6.54 Å². The quantitative estimate of drug-likeness (QED) is 0.695. The Morgan fingerprint density at radius 2 is 2.00 bits per heavy atom. The third kappa shape index (κ3) is 4.52. The van der Waals surface area contributed by atoms with Crippen LogP contribution >= 0.6 is 0 Å². The van der Waals surface area contributed by atoms with Crippen molar-refractivity contribution in [3.63, 3.8) is 0 Å². The van der Waals surface area contributed by atoms with Crippen LogP contribution in [-0.4, -0.2) is 46.8 Å². The number of aryl methyl sites for hydroxylation is 1. The van der Waals surface area contributed by atoms with E-state index in [2.05, 4.69) is 29.2 Å². The smallest absolute Gasteiger partial charge is 0.241 e. The molecule has 1 rings (SSSR count). The second-order valence-electron chi connectivity index (χ2n) is 4.97. The van der Waals surface area contributed by atoms with Crippen molar-refractivity contribution in [2.75, 3.05) is 31.9 Å². The number of hydrogen-bond acceptors (Lipinski definition) is 4. The Morgan fingerprint density at radius 1 is 1.35 bits per heavy atom. The monoisotopic (exact) mass is 281 g/mol. The van der Waals surface area contributed by atoms with Gasteiger partial charge in [-0.3, -0.25) is 9.48 Å². The number of nitrogen functional groups attached to an aromatic ring is 1. The molecule has 0 aliphatic heterocycles. The molecular formula is C14H27N5O. The fourth-order valence-electron chi connectivity index (χ4n) is 2.13. The predicted molar refractivity (Wildman–Crippen MR) is 81.5 cm³/mol. The first kappa shape index (κ1) is 16.5. The molecule has 20 heavy (non-hydrogen) atoms. The summed E-state index contributed by atoms with van der Waals surface area (Å²) in [5.41, 5.74) is 8.13. The van der Waals surface area contributed by atoms with Gasteiger partial charge in [-0.05, 0) is 39.9 Å². The number of amides is 1. The largest absolute Gasteiger partial charge is 0.396 e. The van der Waals surface area contributed by atoms with E-state index in [0.717, 1.165) is 37.4 Å². The lowest BCUT2D eigenvalue weighted by molar-refractivity contribution is -0.121. The Hall–Kier alpha value is -1.56. The molecule has 6 nitrogen and oxygen atoms in total. The second kappa shape index (κ2) is 7.89. The molecule has 0 aliphatic carbocycles. The van der Waals surface area contributed by atoms with Gasteiger partial charge in [0.25, 0.3) is 0 Å². The standard InChI is InChI=1S/C14H27N5O/c1-5-18(6-2)9-7-8-16-13(20)10-19-12(4)14(15)11(3)17-19/h5-10,15H2,1-4H3,(H,16,20). The van der Waals surface area contributed by atoms with Gasteiger partial charge in [-0.25, -0.2) is 0 Å². The third-order valence-corrected chi connectivity index (χ3v) is 3.60. The topological polar surface area (TPSA) is 76.2 Å². The normalized spacial score (nSPS) is 11.1. The molecule has 0 bridgehead atoms. The van der Waals surface area contributed by atoms with E-state index >= 15 is 0 Å². The van der Waals surface area contributed by atoms with Crippen LogP contribution in [0.15, 0.2) is 0 Å². The zero-order valence-electron chi connectivity index (χ0n) is 13.1. The molecule has 1 aromatic rings. The van der Waals surface area contributed by atoms with Gasteiger partial charge in [-0.1, -0.05) is 13.8 Å². The number of rotatable bonds is 8. The van der Waals surface area contributed by atoms with E-state index in [1.165, 1.54) is 0 Å². The van der Waals surface area contributed by atoms with Gasteiger partial charge in [0.05, 0.1) is 17.1 Å². The zero-order chi connectivity index (χ0) is 15.1. The van der Waals surface area contributed by atoms with Gasteiger partial charge >= 0.3 is 0 Å². The highest BCUT2D eigenvalue weighted by molar-refractivity contribution is 5.75. The average molecular weight is 281 g/mol. The van der Waals surface area contributed by atoms with Gasteiger partial charge in [0.2, 0.25) is 5.91 Å². The van der Waals surface area contributed by atoms with Crippen molar-refractivity contribution in [2.45, 2.75) is 40.7 Å². The molecule has 0 fully saturated rings. The number of nitrogens with one attached hydrogen (secondary N) is 1.